The SMILES string of the molecule is CCNC(=O)CN(CC)CCS(=O)(=O)c1ccc(Cl)cc1. The zero-order chi connectivity index (χ0) is 15.9. The smallest absolute Gasteiger partial charge is 0.234 e. The molecule has 1 amide bonds. The highest BCUT2D eigenvalue weighted by molar-refractivity contribution is 7.91. The van der Waals surface area contributed by atoms with Crippen LogP contribution in [-0.4, -0.2) is 51.2 Å². The average molecular weight is 333 g/mol. The minimum absolute atomic E-state index is 0.0259. The van der Waals surface area contributed by atoms with Crippen LogP contribution in [0, 0.1) is 0 Å². The third kappa shape index (κ3) is 6.03. The van der Waals surface area contributed by atoms with E-state index in [0.29, 0.717) is 24.7 Å². The zero-order valence-corrected chi connectivity index (χ0v) is 13.9. The van der Waals surface area contributed by atoms with Gasteiger partial charge < -0.3 is 5.32 Å². The summed E-state index contributed by atoms with van der Waals surface area (Å²) in [6.45, 7) is 5.46. The highest BCUT2D eigenvalue weighted by Crippen LogP contribution is 2.15. The van der Waals surface area contributed by atoms with Crippen LogP contribution in [0.25, 0.3) is 0 Å². The molecule has 1 aromatic carbocycles. The molecule has 0 aliphatic carbocycles. The summed E-state index contributed by atoms with van der Waals surface area (Å²) in [6.07, 6.45) is 0. The number of benzene rings is 1. The molecule has 0 unspecified atom stereocenters. The summed E-state index contributed by atoms with van der Waals surface area (Å²) in [5.74, 6) is -0.120. The quantitative estimate of drug-likeness (QED) is 0.784. The van der Waals surface area contributed by atoms with Crippen LogP contribution in [0.4, 0.5) is 0 Å². The van der Waals surface area contributed by atoms with Crippen molar-refractivity contribution in [2.45, 2.75) is 18.7 Å². The molecule has 1 aromatic rings. The molecule has 0 fully saturated rings. The Hall–Kier alpha value is -1.11. The van der Waals surface area contributed by atoms with E-state index in [1.54, 1.807) is 17.0 Å². The van der Waals surface area contributed by atoms with Gasteiger partial charge in [0.15, 0.2) is 9.84 Å². The van der Waals surface area contributed by atoms with Crippen LogP contribution in [-0.2, 0) is 14.6 Å². The number of carbonyl (C=O) groups excluding carboxylic acids is 1. The van der Waals surface area contributed by atoms with Crippen molar-refractivity contribution in [2.75, 3.05) is 31.9 Å². The van der Waals surface area contributed by atoms with Crippen molar-refractivity contribution >= 4 is 27.3 Å². The minimum atomic E-state index is -3.36. The first-order valence-electron chi connectivity index (χ1n) is 6.86. The third-order valence-corrected chi connectivity index (χ3v) is 5.00. The Labute approximate surface area is 131 Å². The van der Waals surface area contributed by atoms with Gasteiger partial charge in [-0.05, 0) is 37.7 Å². The van der Waals surface area contributed by atoms with Gasteiger partial charge in [0.2, 0.25) is 5.91 Å². The topological polar surface area (TPSA) is 66.5 Å². The normalized spacial score (nSPS) is 11.6. The Morgan fingerprint density at radius 2 is 1.86 bits per heavy atom. The van der Waals surface area contributed by atoms with Crippen LogP contribution < -0.4 is 5.32 Å². The molecule has 0 aliphatic rings. The summed E-state index contributed by atoms with van der Waals surface area (Å²) in [4.78, 5) is 13.6. The molecule has 0 aromatic heterocycles. The van der Waals surface area contributed by atoms with E-state index < -0.39 is 9.84 Å². The van der Waals surface area contributed by atoms with E-state index in [0.717, 1.165) is 0 Å². The fourth-order valence-electron chi connectivity index (χ4n) is 1.81. The van der Waals surface area contributed by atoms with Gasteiger partial charge in [-0.2, -0.15) is 0 Å². The van der Waals surface area contributed by atoms with Crippen LogP contribution in [0.15, 0.2) is 29.2 Å². The van der Waals surface area contributed by atoms with Crippen molar-refractivity contribution in [1.29, 1.82) is 0 Å². The second-order valence-electron chi connectivity index (χ2n) is 4.60. The number of likely N-dealkylation sites (N-methyl/N-ethyl adjacent to an activating group) is 2. The van der Waals surface area contributed by atoms with Crippen molar-refractivity contribution in [2.24, 2.45) is 0 Å². The van der Waals surface area contributed by atoms with E-state index >= 15 is 0 Å². The average Bonchev–Trinajstić information content (AvgIpc) is 2.44. The molecule has 21 heavy (non-hydrogen) atoms. The van der Waals surface area contributed by atoms with Crippen LogP contribution >= 0.6 is 11.6 Å². The lowest BCUT2D eigenvalue weighted by atomic mass is 10.4. The number of rotatable bonds is 8. The number of nitrogens with zero attached hydrogens (tertiary/aromatic N) is 1. The van der Waals surface area contributed by atoms with Gasteiger partial charge in [-0.15, -0.1) is 0 Å². The highest BCUT2D eigenvalue weighted by atomic mass is 35.5. The number of hydrogen-bond donors (Lipinski definition) is 1. The highest BCUT2D eigenvalue weighted by Gasteiger charge is 2.17. The summed E-state index contributed by atoms with van der Waals surface area (Å²) in [6, 6.07) is 6.11. The fourth-order valence-corrected chi connectivity index (χ4v) is 3.23. The number of nitrogens with one attached hydrogen (secondary N) is 1. The van der Waals surface area contributed by atoms with E-state index in [1.165, 1.54) is 12.1 Å². The van der Waals surface area contributed by atoms with Gasteiger partial charge in [0.25, 0.3) is 0 Å². The second kappa shape index (κ2) is 8.36. The molecule has 0 radical (unpaired) electrons. The van der Waals surface area contributed by atoms with Crippen LogP contribution in [0.2, 0.25) is 5.02 Å². The lowest BCUT2D eigenvalue weighted by Gasteiger charge is -2.19. The van der Waals surface area contributed by atoms with Crippen molar-refractivity contribution in [1.82, 2.24) is 10.2 Å². The van der Waals surface area contributed by atoms with E-state index in [9.17, 15) is 13.2 Å². The second-order valence-corrected chi connectivity index (χ2v) is 7.14. The maximum Gasteiger partial charge on any atom is 0.234 e. The largest absolute Gasteiger partial charge is 0.355 e. The molecule has 5 nitrogen and oxygen atoms in total. The summed E-state index contributed by atoms with van der Waals surface area (Å²) in [7, 11) is -3.36. The monoisotopic (exact) mass is 332 g/mol. The molecule has 0 atom stereocenters. The number of sulfone groups is 1. The Bertz CT molecular complexity index is 558. The number of carbonyl (C=O) groups is 1. The standard InChI is InChI=1S/C14H21ClN2O3S/c1-3-16-14(18)11-17(4-2)9-10-21(19,20)13-7-5-12(15)6-8-13/h5-8H,3-4,9-11H2,1-2H3,(H,16,18). The molecule has 0 bridgehead atoms. The molecule has 0 aliphatic heterocycles. The lowest BCUT2D eigenvalue weighted by molar-refractivity contribution is -0.122. The Balaban J connectivity index is 2.62. The van der Waals surface area contributed by atoms with Crippen molar-refractivity contribution in [3.05, 3.63) is 29.3 Å². The van der Waals surface area contributed by atoms with Gasteiger partial charge >= 0.3 is 0 Å². The number of amides is 1. The van der Waals surface area contributed by atoms with Crippen LogP contribution in [0.1, 0.15) is 13.8 Å². The van der Waals surface area contributed by atoms with Crippen molar-refractivity contribution < 1.29 is 13.2 Å². The molecular formula is C14H21ClN2O3S. The van der Waals surface area contributed by atoms with Gasteiger partial charge in [0.05, 0.1) is 17.2 Å². The molecule has 7 heteroatoms. The maximum atomic E-state index is 12.2. The van der Waals surface area contributed by atoms with Gasteiger partial charge in [-0.1, -0.05) is 18.5 Å². The summed E-state index contributed by atoms with van der Waals surface area (Å²) in [5, 5.41) is 3.20. The molecular weight excluding hydrogens is 312 g/mol. The summed E-state index contributed by atoms with van der Waals surface area (Å²) in [5.41, 5.74) is 0. The molecule has 0 saturated carbocycles. The van der Waals surface area contributed by atoms with E-state index in [2.05, 4.69) is 5.32 Å². The van der Waals surface area contributed by atoms with Gasteiger partial charge in [0.1, 0.15) is 0 Å². The fraction of sp³-hybridized carbons (Fsp3) is 0.500. The zero-order valence-electron chi connectivity index (χ0n) is 12.3. The molecule has 118 valence electrons. The van der Waals surface area contributed by atoms with Gasteiger partial charge in [-0.3, -0.25) is 9.69 Å². The summed E-state index contributed by atoms with van der Waals surface area (Å²) >= 11 is 5.75. The first kappa shape index (κ1) is 17.9. The first-order valence-corrected chi connectivity index (χ1v) is 8.89. The lowest BCUT2D eigenvalue weighted by Crippen LogP contribution is -2.39. The Morgan fingerprint density at radius 1 is 1.24 bits per heavy atom. The van der Waals surface area contributed by atoms with E-state index in [4.69, 9.17) is 11.6 Å². The van der Waals surface area contributed by atoms with Crippen molar-refractivity contribution in [3.8, 4) is 0 Å². The minimum Gasteiger partial charge on any atom is -0.355 e. The molecule has 0 spiro atoms. The number of hydrogen-bond acceptors (Lipinski definition) is 4. The Kier molecular flexibility index (Phi) is 7.14. The van der Waals surface area contributed by atoms with Crippen molar-refractivity contribution in [3.63, 3.8) is 0 Å². The van der Waals surface area contributed by atoms with Gasteiger partial charge in [0, 0.05) is 18.1 Å². The molecule has 0 saturated heterocycles. The molecule has 1 rings (SSSR count). The third-order valence-electron chi connectivity index (χ3n) is 3.04. The van der Waals surface area contributed by atoms with E-state index in [1.807, 2.05) is 13.8 Å². The number of halogens is 1. The van der Waals surface area contributed by atoms with Crippen LogP contribution in [0.5, 0.6) is 0 Å². The Morgan fingerprint density at radius 3 is 2.38 bits per heavy atom. The van der Waals surface area contributed by atoms with E-state index in [-0.39, 0.29) is 23.1 Å². The predicted octanol–water partition coefficient (Wildman–Crippen LogP) is 1.57. The van der Waals surface area contributed by atoms with Crippen LogP contribution in [0.3, 0.4) is 0 Å². The van der Waals surface area contributed by atoms with Gasteiger partial charge in [-0.25, -0.2) is 8.42 Å². The maximum absolute atomic E-state index is 12.2. The predicted molar refractivity (Wildman–Crippen MR) is 84.3 cm³/mol. The first-order chi connectivity index (χ1) is 9.89. The summed E-state index contributed by atoms with van der Waals surface area (Å²) < 4.78 is 24.4. The molecule has 0 heterocycles. The molecule has 1 N–H and O–H groups in total.